The Morgan fingerprint density at radius 1 is 1.37 bits per heavy atom. The number of aromatic nitrogens is 2. The van der Waals surface area contributed by atoms with E-state index in [-0.39, 0.29) is 18.6 Å². The van der Waals surface area contributed by atoms with Gasteiger partial charge in [-0.15, -0.1) is 9.42 Å². The van der Waals surface area contributed by atoms with Crippen LogP contribution in [0.15, 0.2) is 15.8 Å². The molecule has 27 heavy (non-hydrogen) atoms. The van der Waals surface area contributed by atoms with Gasteiger partial charge in [-0.3, -0.25) is 9.36 Å². The molecule has 2 unspecified atom stereocenters. The molecule has 0 radical (unpaired) electrons. The summed E-state index contributed by atoms with van der Waals surface area (Å²) in [6.07, 6.45) is -0.856. The number of aryl methyl sites for hydroxylation is 1. The highest BCUT2D eigenvalue weighted by atomic mass is 31.1. The molecule has 2 rings (SSSR count). The lowest BCUT2D eigenvalue weighted by atomic mass is 9.80. The Morgan fingerprint density at radius 2 is 1.96 bits per heavy atom. The molecule has 1 aromatic heterocycles. The average Bonchev–Trinajstić information content (AvgIpc) is 2.90. The van der Waals surface area contributed by atoms with Crippen LogP contribution < -0.4 is 11.2 Å². The van der Waals surface area contributed by atoms with E-state index < -0.39 is 42.9 Å². The second-order valence-electron chi connectivity index (χ2n) is 7.02. The fourth-order valence-electron chi connectivity index (χ4n) is 3.52. The fourth-order valence-corrected chi connectivity index (χ4v) is 4.18. The first-order valence-corrected chi connectivity index (χ1v) is 9.77. The minimum atomic E-state index is -2.90. The molecule has 0 aliphatic carbocycles. The van der Waals surface area contributed by atoms with Crippen molar-refractivity contribution in [3.63, 3.8) is 0 Å². The number of aliphatic hydroxyl groups excluding tert-OH is 1. The van der Waals surface area contributed by atoms with E-state index in [2.05, 4.69) is 0 Å². The number of hydrogen-bond donors (Lipinski definition) is 3. The number of nitrogens with zero attached hydrogens (tertiary/aromatic N) is 2. The van der Waals surface area contributed by atoms with Crippen molar-refractivity contribution in [2.45, 2.75) is 56.5 Å². The molecule has 3 N–H and O–H groups in total. The van der Waals surface area contributed by atoms with Crippen LogP contribution in [0.2, 0.25) is 0 Å². The maximum absolute atomic E-state index is 12.4. The van der Waals surface area contributed by atoms with E-state index in [9.17, 15) is 24.4 Å². The van der Waals surface area contributed by atoms with Crippen LogP contribution in [0.4, 0.5) is 0 Å². The molecule has 0 saturated carbocycles. The molecule has 11 heteroatoms. The quantitative estimate of drug-likeness (QED) is 0.533. The molecule has 1 saturated heterocycles. The van der Waals surface area contributed by atoms with Crippen LogP contribution in [0.3, 0.4) is 0 Å². The molecule has 0 amide bonds. The van der Waals surface area contributed by atoms with Gasteiger partial charge in [0, 0.05) is 31.3 Å². The van der Waals surface area contributed by atoms with Crippen LogP contribution >= 0.6 is 8.25 Å². The van der Waals surface area contributed by atoms with Gasteiger partial charge in [-0.25, -0.2) is 4.79 Å². The second kappa shape index (κ2) is 7.90. The van der Waals surface area contributed by atoms with Crippen LogP contribution in [0, 0.1) is 0 Å². The summed E-state index contributed by atoms with van der Waals surface area (Å²) in [5.41, 5.74) is -4.04. The van der Waals surface area contributed by atoms with E-state index in [0.717, 1.165) is 4.57 Å². The van der Waals surface area contributed by atoms with Crippen molar-refractivity contribution in [2.24, 2.45) is 14.1 Å². The van der Waals surface area contributed by atoms with E-state index in [1.807, 2.05) is 0 Å². The fraction of sp³-hybridized carbons (Fsp3) is 0.750. The monoisotopic (exact) mass is 405 g/mol. The number of aliphatic hydroxyl groups is 2. The minimum Gasteiger partial charge on any atom is -0.387 e. The smallest absolute Gasteiger partial charge is 0.387 e. The first kappa shape index (κ1) is 21.9. The third-order valence-corrected chi connectivity index (χ3v) is 5.86. The highest BCUT2D eigenvalue weighted by molar-refractivity contribution is 7.32. The Balaban J connectivity index is 2.38. The lowest BCUT2D eigenvalue weighted by molar-refractivity contribution is -0.102. The predicted molar refractivity (Wildman–Crippen MR) is 95.4 cm³/mol. The molecule has 152 valence electrons. The third kappa shape index (κ3) is 4.06. The van der Waals surface area contributed by atoms with Crippen LogP contribution in [0.25, 0.3) is 0 Å². The normalized spacial score (nSPS) is 26.4. The van der Waals surface area contributed by atoms with Crippen molar-refractivity contribution >= 4 is 8.25 Å². The molecule has 1 aliphatic heterocycles. The van der Waals surface area contributed by atoms with Crippen molar-refractivity contribution in [3.05, 3.63) is 32.6 Å². The van der Waals surface area contributed by atoms with Gasteiger partial charge in [0.2, 0.25) is 0 Å². The summed E-state index contributed by atoms with van der Waals surface area (Å²) in [7, 11) is -0.130. The lowest BCUT2D eigenvalue weighted by Gasteiger charge is -2.34. The van der Waals surface area contributed by atoms with E-state index in [1.54, 1.807) is 13.8 Å². The van der Waals surface area contributed by atoms with E-state index >= 15 is 0 Å². The zero-order valence-electron chi connectivity index (χ0n) is 15.8. The molecule has 1 fully saturated rings. The predicted octanol–water partition coefficient (Wildman–Crippen LogP) is -0.138. The summed E-state index contributed by atoms with van der Waals surface area (Å²) in [4.78, 5) is 33.4. The van der Waals surface area contributed by atoms with Crippen LogP contribution in [-0.4, -0.2) is 48.2 Å². The van der Waals surface area contributed by atoms with Crippen molar-refractivity contribution in [3.8, 4) is 0 Å². The van der Waals surface area contributed by atoms with Crippen LogP contribution in [0.5, 0.6) is 0 Å². The molecule has 1 aliphatic rings. The van der Waals surface area contributed by atoms with Gasteiger partial charge < -0.3 is 19.5 Å². The van der Waals surface area contributed by atoms with Gasteiger partial charge in [0.1, 0.15) is 23.4 Å². The number of rotatable bonds is 7. The zero-order valence-corrected chi connectivity index (χ0v) is 16.7. The molecule has 10 nitrogen and oxygen atoms in total. The zero-order chi connectivity index (χ0) is 20.6. The molecular weight excluding hydrogens is 379 g/mol. The summed E-state index contributed by atoms with van der Waals surface area (Å²) in [6, 6.07) is 0. The first-order chi connectivity index (χ1) is 12.5. The van der Waals surface area contributed by atoms with Gasteiger partial charge in [0.05, 0.1) is 12.2 Å². The Bertz CT molecular complexity index is 831. The topological polar surface area (TPSA) is 140 Å². The highest BCUT2D eigenvalue weighted by Crippen LogP contribution is 2.44. The molecule has 0 aromatic carbocycles. The Labute approximate surface area is 156 Å². The molecular formula is C16H26N2O8P+. The van der Waals surface area contributed by atoms with Gasteiger partial charge in [-0.05, 0) is 12.8 Å². The maximum Gasteiger partial charge on any atom is 0.695 e. The van der Waals surface area contributed by atoms with E-state index in [0.29, 0.717) is 12.8 Å². The number of hydrogen-bond acceptors (Lipinski definition) is 7. The van der Waals surface area contributed by atoms with Gasteiger partial charge in [-0.2, -0.15) is 0 Å². The maximum atomic E-state index is 12.4. The van der Waals surface area contributed by atoms with Crippen molar-refractivity contribution in [1.82, 2.24) is 9.13 Å². The molecule has 0 bridgehead atoms. The van der Waals surface area contributed by atoms with Crippen molar-refractivity contribution in [2.75, 3.05) is 6.61 Å². The number of ether oxygens (including phenoxy) is 1. The third-order valence-electron chi connectivity index (χ3n) is 5.32. The summed E-state index contributed by atoms with van der Waals surface area (Å²) >= 11 is 0. The Hall–Kier alpha value is -1.42. The molecule has 0 spiro atoms. The van der Waals surface area contributed by atoms with E-state index in [4.69, 9.17) is 14.2 Å². The van der Waals surface area contributed by atoms with Crippen LogP contribution in [0.1, 0.15) is 44.8 Å². The van der Waals surface area contributed by atoms with Gasteiger partial charge in [0.25, 0.3) is 5.56 Å². The Morgan fingerprint density at radius 3 is 2.48 bits per heavy atom. The van der Waals surface area contributed by atoms with Gasteiger partial charge in [-0.1, -0.05) is 13.8 Å². The first-order valence-electron chi connectivity index (χ1n) is 8.64. The van der Waals surface area contributed by atoms with Crippen molar-refractivity contribution in [1.29, 1.82) is 0 Å². The SMILES string of the molecule is CCC(CC)(C[C@@]1(O)COC(c2cn(C)c(=O)n(C)c2=O)[C@@H]1O)O[P+](=O)O. The summed E-state index contributed by atoms with van der Waals surface area (Å²) < 4.78 is 24.0. The molecule has 1 aromatic rings. The summed E-state index contributed by atoms with van der Waals surface area (Å²) in [5, 5.41) is 21.7. The highest BCUT2D eigenvalue weighted by Gasteiger charge is 2.55. The average molecular weight is 405 g/mol. The lowest BCUT2D eigenvalue weighted by Crippen LogP contribution is -2.50. The summed E-state index contributed by atoms with van der Waals surface area (Å²) in [5.74, 6) is 0. The van der Waals surface area contributed by atoms with Crippen LogP contribution in [-0.2, 0) is 27.9 Å². The minimum absolute atomic E-state index is 0.0378. The van der Waals surface area contributed by atoms with E-state index in [1.165, 1.54) is 24.9 Å². The van der Waals surface area contributed by atoms with Gasteiger partial charge in [0.15, 0.2) is 0 Å². The van der Waals surface area contributed by atoms with Crippen molar-refractivity contribution < 1.29 is 28.9 Å². The Kier molecular flexibility index (Phi) is 6.40. The molecule has 4 atom stereocenters. The standard InChI is InChI=1S/C16H25N2O8P/c1-5-15(6-2,26-27(23)24)8-16(22)9-25-11(12(16)19)10-7-17(3)14(21)18(4)13(10)20/h7,11-12,19,22H,5-6,8-9H2,1-4H3/p+1/t11?,12-,16+/m0/s1. The summed E-state index contributed by atoms with van der Waals surface area (Å²) in [6.45, 7) is 3.19. The second-order valence-corrected chi connectivity index (χ2v) is 7.68. The largest absolute Gasteiger partial charge is 0.695 e. The van der Waals surface area contributed by atoms with Gasteiger partial charge >= 0.3 is 13.9 Å². The molecule has 2 heterocycles.